The third kappa shape index (κ3) is 4.08. The number of hydrogen-bond donors (Lipinski definition) is 0. The van der Waals surface area contributed by atoms with E-state index in [4.69, 9.17) is 4.42 Å². The SMILES string of the molecule is Cc1occc1-c1nnc(SCc2ccc(C(=O)N3CCCC3)cc2)n1-c1ccccc1. The first-order valence-electron chi connectivity index (χ1n) is 10.8. The number of aryl methyl sites for hydroxylation is 1. The minimum Gasteiger partial charge on any atom is -0.469 e. The van der Waals surface area contributed by atoms with Gasteiger partial charge in [-0.2, -0.15) is 0 Å². The van der Waals surface area contributed by atoms with Gasteiger partial charge in [-0.1, -0.05) is 42.1 Å². The second-order valence-corrected chi connectivity index (χ2v) is 8.80. The van der Waals surface area contributed by atoms with Gasteiger partial charge in [-0.15, -0.1) is 10.2 Å². The van der Waals surface area contributed by atoms with E-state index in [9.17, 15) is 4.79 Å². The maximum absolute atomic E-state index is 12.6. The molecule has 1 fully saturated rings. The molecule has 2 aromatic carbocycles. The van der Waals surface area contributed by atoms with Gasteiger partial charge in [0, 0.05) is 30.1 Å². The van der Waals surface area contributed by atoms with Crippen molar-refractivity contribution >= 4 is 17.7 Å². The molecule has 1 aliphatic rings. The van der Waals surface area contributed by atoms with Crippen molar-refractivity contribution < 1.29 is 9.21 Å². The molecule has 0 spiro atoms. The Morgan fingerprint density at radius 3 is 2.44 bits per heavy atom. The van der Waals surface area contributed by atoms with E-state index < -0.39 is 0 Å². The molecule has 32 heavy (non-hydrogen) atoms. The lowest BCUT2D eigenvalue weighted by Crippen LogP contribution is -2.27. The fraction of sp³-hybridized carbons (Fsp3) is 0.240. The minimum absolute atomic E-state index is 0.130. The van der Waals surface area contributed by atoms with Crippen LogP contribution in [0.25, 0.3) is 17.1 Å². The second kappa shape index (κ2) is 9.04. The van der Waals surface area contributed by atoms with E-state index in [0.717, 1.165) is 70.8 Å². The Balaban J connectivity index is 1.37. The van der Waals surface area contributed by atoms with Crippen molar-refractivity contribution in [3.8, 4) is 17.1 Å². The number of thioether (sulfide) groups is 1. The Kier molecular flexibility index (Phi) is 5.81. The number of hydrogen-bond acceptors (Lipinski definition) is 5. The third-order valence-electron chi connectivity index (χ3n) is 5.71. The monoisotopic (exact) mass is 444 g/mol. The van der Waals surface area contributed by atoms with E-state index in [1.54, 1.807) is 18.0 Å². The smallest absolute Gasteiger partial charge is 0.253 e. The quantitative estimate of drug-likeness (QED) is 0.375. The Morgan fingerprint density at radius 2 is 1.75 bits per heavy atom. The summed E-state index contributed by atoms with van der Waals surface area (Å²) in [5.41, 5.74) is 3.82. The van der Waals surface area contributed by atoms with E-state index >= 15 is 0 Å². The summed E-state index contributed by atoms with van der Waals surface area (Å²) < 4.78 is 7.56. The lowest BCUT2D eigenvalue weighted by Gasteiger charge is -2.15. The summed E-state index contributed by atoms with van der Waals surface area (Å²) in [6.45, 7) is 3.66. The van der Waals surface area contributed by atoms with E-state index in [0.29, 0.717) is 0 Å². The molecule has 0 radical (unpaired) electrons. The summed E-state index contributed by atoms with van der Waals surface area (Å²) in [6.07, 6.45) is 3.87. The van der Waals surface area contributed by atoms with Crippen molar-refractivity contribution in [2.24, 2.45) is 0 Å². The van der Waals surface area contributed by atoms with Gasteiger partial charge in [0.2, 0.25) is 0 Å². The van der Waals surface area contributed by atoms with Crippen molar-refractivity contribution in [1.82, 2.24) is 19.7 Å². The first kappa shape index (κ1) is 20.6. The van der Waals surface area contributed by atoms with Gasteiger partial charge in [-0.05, 0) is 55.7 Å². The van der Waals surface area contributed by atoms with Crippen molar-refractivity contribution in [2.45, 2.75) is 30.7 Å². The number of aromatic nitrogens is 3. The van der Waals surface area contributed by atoms with Crippen LogP contribution in [0.5, 0.6) is 0 Å². The zero-order chi connectivity index (χ0) is 21.9. The molecular weight excluding hydrogens is 420 g/mol. The van der Waals surface area contributed by atoms with Crippen LogP contribution in [0.3, 0.4) is 0 Å². The van der Waals surface area contributed by atoms with Gasteiger partial charge in [0.1, 0.15) is 5.76 Å². The Labute approximate surface area is 191 Å². The van der Waals surface area contributed by atoms with Gasteiger partial charge >= 0.3 is 0 Å². The predicted molar refractivity (Wildman–Crippen MR) is 125 cm³/mol. The zero-order valence-electron chi connectivity index (χ0n) is 17.9. The van der Waals surface area contributed by atoms with Gasteiger partial charge < -0.3 is 9.32 Å². The largest absolute Gasteiger partial charge is 0.469 e. The predicted octanol–water partition coefficient (Wildman–Crippen LogP) is 5.36. The Bertz CT molecular complexity index is 1210. The summed E-state index contributed by atoms with van der Waals surface area (Å²) in [6, 6.07) is 19.9. The van der Waals surface area contributed by atoms with Crippen LogP contribution in [0.1, 0.15) is 34.5 Å². The molecule has 0 bridgehead atoms. The van der Waals surface area contributed by atoms with Gasteiger partial charge in [0.25, 0.3) is 5.91 Å². The molecule has 0 aliphatic carbocycles. The first-order valence-corrected chi connectivity index (χ1v) is 11.8. The highest BCUT2D eigenvalue weighted by molar-refractivity contribution is 7.98. The number of rotatable bonds is 6. The van der Waals surface area contributed by atoms with Crippen molar-refractivity contribution in [1.29, 1.82) is 0 Å². The number of carbonyl (C=O) groups excluding carboxylic acids is 1. The van der Waals surface area contributed by atoms with Crippen LogP contribution in [-0.4, -0.2) is 38.7 Å². The summed E-state index contributed by atoms with van der Waals surface area (Å²) in [7, 11) is 0. The molecule has 4 aromatic rings. The van der Waals surface area contributed by atoms with Gasteiger partial charge in [0.05, 0.1) is 11.8 Å². The Hall–Kier alpha value is -3.32. The number of nitrogens with zero attached hydrogens (tertiary/aromatic N) is 4. The fourth-order valence-corrected chi connectivity index (χ4v) is 4.87. The van der Waals surface area contributed by atoms with E-state index in [-0.39, 0.29) is 5.91 Å². The van der Waals surface area contributed by atoms with Crippen molar-refractivity contribution in [3.63, 3.8) is 0 Å². The standard InChI is InChI=1S/C25H24N4O2S/c1-18-22(13-16-31-18)23-26-27-25(29(23)21-7-3-2-4-8-21)32-17-19-9-11-20(12-10-19)24(30)28-14-5-6-15-28/h2-4,7-13,16H,5-6,14-15,17H2,1H3. The minimum atomic E-state index is 0.130. The highest BCUT2D eigenvalue weighted by Crippen LogP contribution is 2.31. The number of furan rings is 1. The van der Waals surface area contributed by atoms with Gasteiger partial charge in [-0.3, -0.25) is 9.36 Å². The van der Waals surface area contributed by atoms with Crippen LogP contribution in [0.4, 0.5) is 0 Å². The van der Waals surface area contributed by atoms with Crippen LogP contribution >= 0.6 is 11.8 Å². The van der Waals surface area contributed by atoms with Crippen molar-refractivity contribution in [3.05, 3.63) is 83.8 Å². The highest BCUT2D eigenvalue weighted by atomic mass is 32.2. The molecule has 0 unspecified atom stereocenters. The fourth-order valence-electron chi connectivity index (χ4n) is 3.96. The molecule has 6 nitrogen and oxygen atoms in total. The number of benzene rings is 2. The lowest BCUT2D eigenvalue weighted by atomic mass is 10.1. The number of carbonyl (C=O) groups is 1. The summed E-state index contributed by atoms with van der Waals surface area (Å²) in [5.74, 6) is 2.43. The maximum Gasteiger partial charge on any atom is 0.253 e. The number of amides is 1. The van der Waals surface area contributed by atoms with E-state index in [1.807, 2.05) is 72.5 Å². The molecule has 0 N–H and O–H groups in total. The van der Waals surface area contributed by atoms with E-state index in [2.05, 4.69) is 14.8 Å². The maximum atomic E-state index is 12.6. The molecule has 1 aliphatic heterocycles. The molecule has 162 valence electrons. The summed E-state index contributed by atoms with van der Waals surface area (Å²) in [4.78, 5) is 14.5. The molecule has 5 rings (SSSR count). The molecule has 2 aromatic heterocycles. The van der Waals surface area contributed by atoms with Crippen LogP contribution in [0, 0.1) is 6.92 Å². The molecule has 1 saturated heterocycles. The number of likely N-dealkylation sites (tertiary alicyclic amines) is 1. The first-order chi connectivity index (χ1) is 15.7. The molecule has 1 amide bonds. The van der Waals surface area contributed by atoms with Crippen LogP contribution in [0.15, 0.2) is 76.5 Å². The molecule has 0 saturated carbocycles. The molecule has 7 heteroatoms. The number of para-hydroxylation sites is 1. The second-order valence-electron chi connectivity index (χ2n) is 7.85. The highest BCUT2D eigenvalue weighted by Gasteiger charge is 2.20. The topological polar surface area (TPSA) is 64.2 Å². The average molecular weight is 445 g/mol. The van der Waals surface area contributed by atoms with Gasteiger partial charge in [-0.25, -0.2) is 0 Å². The van der Waals surface area contributed by atoms with Crippen LogP contribution in [-0.2, 0) is 5.75 Å². The van der Waals surface area contributed by atoms with Crippen LogP contribution in [0.2, 0.25) is 0 Å². The molecule has 3 heterocycles. The third-order valence-corrected chi connectivity index (χ3v) is 6.71. The van der Waals surface area contributed by atoms with Gasteiger partial charge in [0.15, 0.2) is 11.0 Å². The molecular formula is C25H24N4O2S. The average Bonchev–Trinajstić information content (AvgIpc) is 3.59. The van der Waals surface area contributed by atoms with Crippen molar-refractivity contribution in [2.75, 3.05) is 13.1 Å². The zero-order valence-corrected chi connectivity index (χ0v) is 18.7. The van der Waals surface area contributed by atoms with Crippen LogP contribution < -0.4 is 0 Å². The normalized spacial score (nSPS) is 13.6. The summed E-state index contributed by atoms with van der Waals surface area (Å²) >= 11 is 1.62. The lowest BCUT2D eigenvalue weighted by molar-refractivity contribution is 0.0793. The Morgan fingerprint density at radius 1 is 1.00 bits per heavy atom. The van der Waals surface area contributed by atoms with E-state index in [1.165, 1.54) is 0 Å². The summed E-state index contributed by atoms with van der Waals surface area (Å²) in [5, 5.41) is 9.76. The molecule has 0 atom stereocenters.